The Morgan fingerprint density at radius 3 is 2.38 bits per heavy atom. The largest absolute Gasteiger partial charge is 0.332 e. The molecule has 5 rings (SSSR count). The maximum Gasteiger partial charge on any atom is 0.332 e. The smallest absolute Gasteiger partial charge is 0.297 e. The molecule has 0 saturated carbocycles. The summed E-state index contributed by atoms with van der Waals surface area (Å²) in [7, 11) is 3.02. The van der Waals surface area contributed by atoms with E-state index in [2.05, 4.69) is 4.98 Å². The van der Waals surface area contributed by atoms with Gasteiger partial charge in [-0.1, -0.05) is 35.9 Å². The highest BCUT2D eigenvalue weighted by Gasteiger charge is 2.28. The number of anilines is 1. The third-order valence-electron chi connectivity index (χ3n) is 5.53. The van der Waals surface area contributed by atoms with Crippen molar-refractivity contribution in [3.63, 3.8) is 0 Å². The first-order valence-corrected chi connectivity index (χ1v) is 10.2. The van der Waals surface area contributed by atoms with Crippen LogP contribution in [0.25, 0.3) is 11.2 Å². The first kappa shape index (κ1) is 20.2. The summed E-state index contributed by atoms with van der Waals surface area (Å²) in [5.41, 5.74) is 1.99. The van der Waals surface area contributed by atoms with Crippen molar-refractivity contribution in [1.82, 2.24) is 18.7 Å². The quantitative estimate of drug-likeness (QED) is 0.479. The fourth-order valence-corrected chi connectivity index (χ4v) is 3.94. The molecule has 162 valence electrons. The number of hydrogen-bond acceptors (Lipinski definition) is 5. The van der Waals surface area contributed by atoms with Crippen LogP contribution in [0.5, 0.6) is 0 Å². The van der Waals surface area contributed by atoms with Gasteiger partial charge in [-0.2, -0.15) is 10.1 Å². The molecule has 0 fully saturated rings. The lowest BCUT2D eigenvalue weighted by atomic mass is 10.1. The molecule has 0 radical (unpaired) electrons. The van der Waals surface area contributed by atoms with E-state index in [0.717, 1.165) is 15.7 Å². The van der Waals surface area contributed by atoms with E-state index >= 15 is 0 Å². The van der Waals surface area contributed by atoms with Crippen LogP contribution in [0, 0.1) is 5.82 Å². The molecule has 32 heavy (non-hydrogen) atoms. The number of fused-ring (bicyclic) bond motifs is 3. The van der Waals surface area contributed by atoms with Gasteiger partial charge in [-0.25, -0.2) is 14.2 Å². The fourth-order valence-electron chi connectivity index (χ4n) is 3.81. The maximum atomic E-state index is 13.5. The van der Waals surface area contributed by atoms with E-state index in [9.17, 15) is 14.0 Å². The lowest BCUT2D eigenvalue weighted by Gasteiger charge is -2.26. The van der Waals surface area contributed by atoms with Crippen LogP contribution in [-0.4, -0.2) is 24.4 Å². The molecule has 0 atom stereocenters. The molecular weight excluding hydrogens is 435 g/mol. The summed E-state index contributed by atoms with van der Waals surface area (Å²) in [5.74, 6) is 0.0972. The molecular formula is C22H18ClFN6O2. The number of hydrazone groups is 1. The van der Waals surface area contributed by atoms with E-state index < -0.39 is 11.2 Å². The third-order valence-corrected chi connectivity index (χ3v) is 5.78. The van der Waals surface area contributed by atoms with Gasteiger partial charge in [0.25, 0.3) is 5.56 Å². The molecule has 8 nitrogen and oxygen atoms in total. The number of aryl methyl sites for hydroxylation is 1. The van der Waals surface area contributed by atoms with Gasteiger partial charge >= 0.3 is 5.69 Å². The van der Waals surface area contributed by atoms with Gasteiger partial charge in [-0.3, -0.25) is 18.5 Å². The molecule has 2 aromatic carbocycles. The molecule has 10 heteroatoms. The van der Waals surface area contributed by atoms with Crippen LogP contribution < -0.4 is 16.3 Å². The Labute approximate surface area is 186 Å². The zero-order valence-electron chi connectivity index (χ0n) is 17.3. The van der Waals surface area contributed by atoms with Crippen LogP contribution in [0.1, 0.15) is 11.1 Å². The summed E-state index contributed by atoms with van der Waals surface area (Å²) in [6, 6.07) is 13.4. The summed E-state index contributed by atoms with van der Waals surface area (Å²) in [4.78, 5) is 30.0. The van der Waals surface area contributed by atoms with Gasteiger partial charge in [0, 0.05) is 19.1 Å². The first-order chi connectivity index (χ1) is 15.3. The Hall–Kier alpha value is -3.72. The van der Waals surface area contributed by atoms with Crippen LogP contribution in [0.3, 0.4) is 0 Å². The monoisotopic (exact) mass is 452 g/mol. The van der Waals surface area contributed by atoms with Crippen molar-refractivity contribution in [2.75, 3.05) is 5.01 Å². The first-order valence-electron chi connectivity index (χ1n) is 9.85. The second kappa shape index (κ2) is 7.45. The average Bonchev–Trinajstić information content (AvgIpc) is 3.18. The minimum absolute atomic E-state index is 0.252. The molecule has 1 aliphatic heterocycles. The topological polar surface area (TPSA) is 77.4 Å². The van der Waals surface area contributed by atoms with Crippen LogP contribution >= 0.6 is 11.6 Å². The van der Waals surface area contributed by atoms with Crippen molar-refractivity contribution in [2.24, 2.45) is 19.2 Å². The molecule has 0 spiro atoms. The molecule has 2 aromatic heterocycles. The van der Waals surface area contributed by atoms with Gasteiger partial charge in [-0.15, -0.1) is 0 Å². The third kappa shape index (κ3) is 3.21. The Morgan fingerprint density at radius 2 is 1.69 bits per heavy atom. The summed E-state index contributed by atoms with van der Waals surface area (Å²) >= 11 is 6.01. The Bertz CT molecular complexity index is 1500. The predicted octanol–water partition coefficient (Wildman–Crippen LogP) is 2.65. The van der Waals surface area contributed by atoms with E-state index in [1.807, 2.05) is 12.1 Å². The highest BCUT2D eigenvalue weighted by atomic mass is 35.5. The normalized spacial score (nSPS) is 13.4. The lowest BCUT2D eigenvalue weighted by molar-refractivity contribution is 0.627. The number of hydrogen-bond donors (Lipinski definition) is 0. The summed E-state index contributed by atoms with van der Waals surface area (Å²) in [5, 5.41) is 7.05. The Morgan fingerprint density at radius 1 is 1.00 bits per heavy atom. The lowest BCUT2D eigenvalue weighted by Crippen LogP contribution is -2.38. The van der Waals surface area contributed by atoms with Crippen LogP contribution in [0.15, 0.2) is 63.2 Å². The van der Waals surface area contributed by atoms with Crippen molar-refractivity contribution >= 4 is 34.4 Å². The molecule has 0 amide bonds. The van der Waals surface area contributed by atoms with Gasteiger partial charge in [0.05, 0.1) is 18.8 Å². The zero-order chi connectivity index (χ0) is 22.6. The van der Waals surface area contributed by atoms with E-state index in [1.54, 1.807) is 40.9 Å². The summed E-state index contributed by atoms with van der Waals surface area (Å²) < 4.78 is 17.6. The van der Waals surface area contributed by atoms with Gasteiger partial charge in [-0.05, 0) is 35.4 Å². The molecule has 0 unspecified atom stereocenters. The summed E-state index contributed by atoms with van der Waals surface area (Å²) in [6.07, 6.45) is 0. The van der Waals surface area contributed by atoms with Crippen LogP contribution in [0.4, 0.5) is 10.3 Å². The SMILES string of the molecule is Cn1c(=O)c2c(nc3n2CC(c2ccc(F)cc2)=NN3Cc2ccc(Cl)cc2)n(C)c1=O. The van der Waals surface area contributed by atoms with Crippen molar-refractivity contribution < 1.29 is 4.39 Å². The standard InChI is InChI=1S/C22H18ClFN6O2/c1-27-19-18(20(31)28(2)22(27)32)29-12-17(14-5-9-16(24)10-6-14)26-30(21(29)25-19)11-13-3-7-15(23)8-4-13/h3-10H,11-12H2,1-2H3. The Kier molecular flexibility index (Phi) is 4.70. The highest BCUT2D eigenvalue weighted by Crippen LogP contribution is 2.27. The van der Waals surface area contributed by atoms with Crippen LogP contribution in [-0.2, 0) is 27.2 Å². The highest BCUT2D eigenvalue weighted by molar-refractivity contribution is 6.30. The number of benzene rings is 2. The van der Waals surface area contributed by atoms with Gasteiger partial charge in [0.1, 0.15) is 5.82 Å². The van der Waals surface area contributed by atoms with E-state index in [0.29, 0.717) is 28.7 Å². The van der Waals surface area contributed by atoms with E-state index in [1.165, 1.54) is 23.7 Å². The summed E-state index contributed by atoms with van der Waals surface area (Å²) in [6.45, 7) is 0.613. The maximum absolute atomic E-state index is 13.5. The van der Waals surface area contributed by atoms with Gasteiger partial charge in [0.15, 0.2) is 11.2 Å². The number of aromatic nitrogens is 4. The molecule has 3 heterocycles. The predicted molar refractivity (Wildman–Crippen MR) is 121 cm³/mol. The minimum Gasteiger partial charge on any atom is -0.297 e. The molecule has 1 aliphatic rings. The number of halogens is 2. The van der Waals surface area contributed by atoms with Gasteiger partial charge in [0.2, 0.25) is 5.95 Å². The molecule has 0 saturated heterocycles. The van der Waals surface area contributed by atoms with E-state index in [4.69, 9.17) is 16.7 Å². The second-order valence-corrected chi connectivity index (χ2v) is 8.05. The average molecular weight is 453 g/mol. The number of imidazole rings is 1. The van der Waals surface area contributed by atoms with Crippen molar-refractivity contribution in [2.45, 2.75) is 13.1 Å². The Balaban J connectivity index is 1.72. The van der Waals surface area contributed by atoms with E-state index in [-0.39, 0.29) is 18.0 Å². The molecule has 0 aliphatic carbocycles. The second-order valence-electron chi connectivity index (χ2n) is 7.61. The van der Waals surface area contributed by atoms with Crippen molar-refractivity contribution in [3.05, 3.63) is 91.3 Å². The van der Waals surface area contributed by atoms with Crippen molar-refractivity contribution in [1.29, 1.82) is 0 Å². The molecule has 0 bridgehead atoms. The van der Waals surface area contributed by atoms with Gasteiger partial charge < -0.3 is 0 Å². The molecule has 4 aromatic rings. The number of nitrogens with zero attached hydrogens (tertiary/aromatic N) is 6. The molecule has 0 N–H and O–H groups in total. The zero-order valence-corrected chi connectivity index (χ0v) is 18.0. The number of rotatable bonds is 3. The minimum atomic E-state index is -0.457. The van der Waals surface area contributed by atoms with Crippen LogP contribution in [0.2, 0.25) is 5.02 Å². The fraction of sp³-hybridized carbons (Fsp3) is 0.182. The van der Waals surface area contributed by atoms with Crippen molar-refractivity contribution in [3.8, 4) is 0 Å².